The number of nitrogens with two attached hydrogens (primary N) is 1. The van der Waals surface area contributed by atoms with Gasteiger partial charge in [0.15, 0.2) is 0 Å². The molecule has 0 aliphatic carbocycles. The quantitative estimate of drug-likeness (QED) is 0.599. The van der Waals surface area contributed by atoms with Crippen LogP contribution in [0.1, 0.15) is 34.6 Å². The van der Waals surface area contributed by atoms with E-state index >= 15 is 0 Å². The van der Waals surface area contributed by atoms with Gasteiger partial charge >= 0.3 is 0 Å². The van der Waals surface area contributed by atoms with Gasteiger partial charge in [0.1, 0.15) is 0 Å². The van der Waals surface area contributed by atoms with Gasteiger partial charge in [0.05, 0.1) is 11.0 Å². The Labute approximate surface area is 97.2 Å². The number of carbonyl (C=O) groups is 2. The lowest BCUT2D eigenvalue weighted by Gasteiger charge is -2.27. The van der Waals surface area contributed by atoms with Gasteiger partial charge in [-0.1, -0.05) is 6.92 Å². The number of rotatable bonds is 6. The molecule has 0 atom stereocenters. The van der Waals surface area contributed by atoms with Crippen LogP contribution in [0, 0.1) is 5.41 Å². The Morgan fingerprint density at radius 2 is 1.69 bits per heavy atom. The highest BCUT2D eigenvalue weighted by atomic mass is 16.2. The first kappa shape index (κ1) is 14.9. The van der Waals surface area contributed by atoms with Gasteiger partial charge in [-0.15, -0.1) is 0 Å². The largest absolute Gasteiger partial charge is 0.369 e. The van der Waals surface area contributed by atoms with Gasteiger partial charge < -0.3 is 16.4 Å². The van der Waals surface area contributed by atoms with Crippen molar-refractivity contribution in [3.63, 3.8) is 0 Å². The molecule has 0 aromatic carbocycles. The molecule has 0 bridgehead atoms. The molecule has 0 saturated carbocycles. The van der Waals surface area contributed by atoms with Crippen LogP contribution in [0.4, 0.5) is 0 Å². The minimum absolute atomic E-state index is 0.135. The summed E-state index contributed by atoms with van der Waals surface area (Å²) in [6.45, 7) is 9.88. The third-order valence-electron chi connectivity index (χ3n) is 2.54. The van der Waals surface area contributed by atoms with Crippen molar-refractivity contribution >= 4 is 11.8 Å². The molecule has 0 saturated heterocycles. The molecule has 0 radical (unpaired) electrons. The van der Waals surface area contributed by atoms with Crippen LogP contribution in [0.25, 0.3) is 0 Å². The first-order valence-electron chi connectivity index (χ1n) is 5.46. The normalized spacial score (nSPS) is 12.3. The van der Waals surface area contributed by atoms with E-state index in [0.717, 1.165) is 0 Å². The second kappa shape index (κ2) is 5.30. The standard InChI is InChI=1S/C11H23N3O2/c1-6-14-11(4,5)9(16)13-7-10(2,3)8(12)15/h14H,6-7H2,1-5H3,(H2,12,15)(H,13,16). The van der Waals surface area contributed by atoms with Gasteiger partial charge in [-0.25, -0.2) is 0 Å². The highest BCUT2D eigenvalue weighted by molar-refractivity contribution is 5.86. The number of nitrogens with one attached hydrogen (secondary N) is 2. The Hall–Kier alpha value is -1.10. The summed E-state index contributed by atoms with van der Waals surface area (Å²) in [7, 11) is 0. The van der Waals surface area contributed by atoms with E-state index in [1.807, 2.05) is 6.92 Å². The highest BCUT2D eigenvalue weighted by Gasteiger charge is 2.30. The number of carbonyl (C=O) groups excluding carboxylic acids is 2. The van der Waals surface area contributed by atoms with Crippen LogP contribution >= 0.6 is 0 Å². The second-order valence-corrected chi connectivity index (χ2v) is 5.09. The molecule has 0 unspecified atom stereocenters. The van der Waals surface area contributed by atoms with Crippen molar-refractivity contribution in [3.05, 3.63) is 0 Å². The van der Waals surface area contributed by atoms with Crippen molar-refractivity contribution in [1.29, 1.82) is 0 Å². The zero-order valence-electron chi connectivity index (χ0n) is 10.8. The lowest BCUT2D eigenvalue weighted by molar-refractivity contribution is -0.129. The van der Waals surface area contributed by atoms with E-state index in [-0.39, 0.29) is 12.5 Å². The summed E-state index contributed by atoms with van der Waals surface area (Å²) in [5, 5.41) is 5.79. The van der Waals surface area contributed by atoms with Gasteiger partial charge in [0.2, 0.25) is 11.8 Å². The summed E-state index contributed by atoms with van der Waals surface area (Å²) in [5.41, 5.74) is 3.86. The maximum absolute atomic E-state index is 11.8. The average Bonchev–Trinajstić information content (AvgIpc) is 2.13. The average molecular weight is 229 g/mol. The van der Waals surface area contributed by atoms with Crippen LogP contribution in [-0.4, -0.2) is 30.4 Å². The molecule has 16 heavy (non-hydrogen) atoms. The number of primary amides is 1. The molecule has 5 nitrogen and oxygen atoms in total. The Bertz CT molecular complexity index is 272. The molecule has 0 fully saturated rings. The zero-order chi connectivity index (χ0) is 13.0. The van der Waals surface area contributed by atoms with E-state index in [1.165, 1.54) is 0 Å². The van der Waals surface area contributed by atoms with Crippen LogP contribution < -0.4 is 16.4 Å². The van der Waals surface area contributed by atoms with E-state index in [4.69, 9.17) is 5.73 Å². The van der Waals surface area contributed by atoms with Crippen LogP contribution in [0.5, 0.6) is 0 Å². The van der Waals surface area contributed by atoms with Gasteiger partial charge in [0.25, 0.3) is 0 Å². The fraction of sp³-hybridized carbons (Fsp3) is 0.818. The summed E-state index contributed by atoms with van der Waals surface area (Å²) >= 11 is 0. The van der Waals surface area contributed by atoms with Crippen molar-refractivity contribution < 1.29 is 9.59 Å². The Morgan fingerprint density at radius 3 is 2.06 bits per heavy atom. The molecule has 5 heteroatoms. The smallest absolute Gasteiger partial charge is 0.239 e. The predicted molar refractivity (Wildman–Crippen MR) is 63.7 cm³/mol. The van der Waals surface area contributed by atoms with Crippen molar-refractivity contribution in [2.24, 2.45) is 11.1 Å². The molecule has 0 aromatic heterocycles. The third-order valence-corrected chi connectivity index (χ3v) is 2.54. The van der Waals surface area contributed by atoms with E-state index in [1.54, 1.807) is 27.7 Å². The lowest BCUT2D eigenvalue weighted by atomic mass is 9.92. The summed E-state index contributed by atoms with van der Waals surface area (Å²) in [6, 6.07) is 0. The summed E-state index contributed by atoms with van der Waals surface area (Å²) < 4.78 is 0. The molecule has 0 heterocycles. The zero-order valence-corrected chi connectivity index (χ0v) is 10.8. The first-order valence-corrected chi connectivity index (χ1v) is 5.46. The molecule has 2 amide bonds. The third kappa shape index (κ3) is 4.18. The van der Waals surface area contributed by atoms with Gasteiger partial charge in [0, 0.05) is 6.54 Å². The van der Waals surface area contributed by atoms with Gasteiger partial charge in [-0.3, -0.25) is 9.59 Å². The molecular formula is C11H23N3O2. The van der Waals surface area contributed by atoms with Crippen molar-refractivity contribution in [1.82, 2.24) is 10.6 Å². The summed E-state index contributed by atoms with van der Waals surface area (Å²) in [4.78, 5) is 22.9. The monoisotopic (exact) mass is 229 g/mol. The second-order valence-electron chi connectivity index (χ2n) is 5.09. The molecule has 94 valence electrons. The minimum atomic E-state index is -0.724. The molecule has 0 rings (SSSR count). The maximum atomic E-state index is 11.8. The summed E-state index contributed by atoms with van der Waals surface area (Å²) in [5.74, 6) is -0.558. The Morgan fingerprint density at radius 1 is 1.19 bits per heavy atom. The van der Waals surface area contributed by atoms with Crippen LogP contribution in [0.3, 0.4) is 0 Å². The molecule has 0 aliphatic heterocycles. The van der Waals surface area contributed by atoms with E-state index in [0.29, 0.717) is 6.54 Å². The lowest BCUT2D eigenvalue weighted by Crippen LogP contribution is -2.55. The van der Waals surface area contributed by atoms with Gasteiger partial charge in [-0.05, 0) is 34.2 Å². The molecule has 0 spiro atoms. The number of amides is 2. The molecule has 4 N–H and O–H groups in total. The van der Waals surface area contributed by atoms with Gasteiger partial charge in [-0.2, -0.15) is 0 Å². The highest BCUT2D eigenvalue weighted by Crippen LogP contribution is 2.12. The minimum Gasteiger partial charge on any atom is -0.369 e. The predicted octanol–water partition coefficient (Wildman–Crippen LogP) is 0.00220. The fourth-order valence-electron chi connectivity index (χ4n) is 1.13. The SMILES string of the molecule is CCNC(C)(C)C(=O)NCC(C)(C)C(N)=O. The number of hydrogen-bond donors (Lipinski definition) is 3. The van der Waals surface area contributed by atoms with E-state index < -0.39 is 16.9 Å². The Balaban J connectivity index is 4.33. The first-order chi connectivity index (χ1) is 7.13. The van der Waals surface area contributed by atoms with E-state index in [2.05, 4.69) is 10.6 Å². The fourth-order valence-corrected chi connectivity index (χ4v) is 1.13. The van der Waals surface area contributed by atoms with Crippen molar-refractivity contribution in [3.8, 4) is 0 Å². The number of likely N-dealkylation sites (N-methyl/N-ethyl adjacent to an activating group) is 1. The Kier molecular flexibility index (Phi) is 4.93. The topological polar surface area (TPSA) is 84.2 Å². The summed E-state index contributed by atoms with van der Waals surface area (Å²) in [6.07, 6.45) is 0. The molecular weight excluding hydrogens is 206 g/mol. The maximum Gasteiger partial charge on any atom is 0.239 e. The number of hydrogen-bond acceptors (Lipinski definition) is 3. The van der Waals surface area contributed by atoms with Crippen molar-refractivity contribution in [2.75, 3.05) is 13.1 Å². The van der Waals surface area contributed by atoms with Crippen molar-refractivity contribution in [2.45, 2.75) is 40.2 Å². The van der Waals surface area contributed by atoms with Crippen LogP contribution in [0.2, 0.25) is 0 Å². The molecule has 0 aromatic rings. The van der Waals surface area contributed by atoms with Crippen LogP contribution in [-0.2, 0) is 9.59 Å². The molecule has 0 aliphatic rings. The van der Waals surface area contributed by atoms with E-state index in [9.17, 15) is 9.59 Å². The van der Waals surface area contributed by atoms with Crippen LogP contribution in [0.15, 0.2) is 0 Å².